The first-order valence-corrected chi connectivity index (χ1v) is 12.8. The third-order valence-electron chi connectivity index (χ3n) is 5.84. The molecule has 1 aromatic carbocycles. The van der Waals surface area contributed by atoms with E-state index < -0.39 is 25.9 Å². The molecule has 2 fully saturated rings. The Bertz CT molecular complexity index is 825. The molecule has 0 unspecified atom stereocenters. The molecule has 0 aromatic heterocycles. The second-order valence-corrected chi connectivity index (χ2v) is 11.8. The summed E-state index contributed by atoms with van der Waals surface area (Å²) >= 11 is 0. The van der Waals surface area contributed by atoms with Gasteiger partial charge in [-0.15, -0.1) is 0 Å². The zero-order chi connectivity index (χ0) is 18.9. The molecule has 0 bridgehead atoms. The van der Waals surface area contributed by atoms with Crippen molar-refractivity contribution in [3.05, 3.63) is 29.8 Å². The molecule has 1 saturated heterocycles. The Morgan fingerprint density at radius 1 is 1.04 bits per heavy atom. The number of rotatable bonds is 5. The van der Waals surface area contributed by atoms with Crippen LogP contribution in [0.3, 0.4) is 0 Å². The minimum atomic E-state index is -3.70. The molecule has 0 N–H and O–H groups in total. The molecule has 0 amide bonds. The molecule has 2 atom stereocenters. The molecular formula is C19H29NO4S2. The number of hydrogen-bond donors (Lipinski definition) is 0. The standard InChI is InChI=1S/C19H29NO4S2/c1-3-20(19-14-25(21,22)13-15(19)2)26(23,24)18-11-9-17(10-12-18)16-7-5-4-6-8-16/h9-12,15-16,19H,3-8,13-14H2,1-2H3/t15-,19+/m0/s1. The molecule has 1 heterocycles. The van der Waals surface area contributed by atoms with Gasteiger partial charge in [0.1, 0.15) is 0 Å². The maximum atomic E-state index is 13.1. The second-order valence-electron chi connectivity index (χ2n) is 7.73. The summed E-state index contributed by atoms with van der Waals surface area (Å²) in [6.45, 7) is 3.86. The number of sulfonamides is 1. The maximum Gasteiger partial charge on any atom is 0.243 e. The lowest BCUT2D eigenvalue weighted by Crippen LogP contribution is -2.43. The van der Waals surface area contributed by atoms with E-state index >= 15 is 0 Å². The lowest BCUT2D eigenvalue weighted by molar-refractivity contribution is 0.303. The van der Waals surface area contributed by atoms with Crippen LogP contribution in [-0.2, 0) is 19.9 Å². The first-order valence-electron chi connectivity index (χ1n) is 9.57. The van der Waals surface area contributed by atoms with Crippen LogP contribution in [0.2, 0.25) is 0 Å². The Morgan fingerprint density at radius 3 is 2.15 bits per heavy atom. The van der Waals surface area contributed by atoms with Crippen LogP contribution in [0.4, 0.5) is 0 Å². The summed E-state index contributed by atoms with van der Waals surface area (Å²) in [6.07, 6.45) is 6.11. The van der Waals surface area contributed by atoms with Gasteiger partial charge < -0.3 is 0 Å². The highest BCUT2D eigenvalue weighted by atomic mass is 32.2. The molecule has 0 radical (unpaired) electrons. The van der Waals surface area contributed by atoms with E-state index in [1.165, 1.54) is 42.0 Å². The molecule has 2 aliphatic rings. The van der Waals surface area contributed by atoms with E-state index in [0.29, 0.717) is 5.92 Å². The van der Waals surface area contributed by atoms with Crippen molar-refractivity contribution in [2.45, 2.75) is 62.8 Å². The van der Waals surface area contributed by atoms with Crippen LogP contribution in [0.5, 0.6) is 0 Å². The van der Waals surface area contributed by atoms with Crippen LogP contribution in [0.25, 0.3) is 0 Å². The van der Waals surface area contributed by atoms with Crippen molar-refractivity contribution in [2.24, 2.45) is 5.92 Å². The van der Waals surface area contributed by atoms with E-state index in [1.807, 2.05) is 19.1 Å². The Morgan fingerprint density at radius 2 is 1.65 bits per heavy atom. The number of hydrogen-bond acceptors (Lipinski definition) is 4. The van der Waals surface area contributed by atoms with Gasteiger partial charge in [0.25, 0.3) is 0 Å². The number of nitrogens with zero attached hydrogens (tertiary/aromatic N) is 1. The lowest BCUT2D eigenvalue weighted by Gasteiger charge is -2.29. The summed E-state index contributed by atoms with van der Waals surface area (Å²) in [7, 11) is -6.87. The zero-order valence-corrected chi connectivity index (χ0v) is 17.2. The van der Waals surface area contributed by atoms with Gasteiger partial charge in [0.15, 0.2) is 9.84 Å². The molecule has 0 spiro atoms. The van der Waals surface area contributed by atoms with E-state index in [9.17, 15) is 16.8 Å². The van der Waals surface area contributed by atoms with Crippen LogP contribution in [0.1, 0.15) is 57.4 Å². The van der Waals surface area contributed by atoms with Gasteiger partial charge in [-0.1, -0.05) is 45.2 Å². The van der Waals surface area contributed by atoms with E-state index in [-0.39, 0.29) is 28.9 Å². The lowest BCUT2D eigenvalue weighted by atomic mass is 9.84. The molecule has 7 heteroatoms. The molecule has 1 aliphatic carbocycles. The van der Waals surface area contributed by atoms with Gasteiger partial charge >= 0.3 is 0 Å². The second kappa shape index (κ2) is 7.60. The molecule has 26 heavy (non-hydrogen) atoms. The SMILES string of the molecule is CCN([C@@H]1CS(=O)(=O)C[C@@H]1C)S(=O)(=O)c1ccc(C2CCCCC2)cc1. The van der Waals surface area contributed by atoms with Crippen molar-refractivity contribution >= 4 is 19.9 Å². The summed E-state index contributed by atoms with van der Waals surface area (Å²) in [5.74, 6) is 0.324. The molecule has 1 saturated carbocycles. The molecule has 3 rings (SSSR count). The quantitative estimate of drug-likeness (QED) is 0.762. The summed E-state index contributed by atoms with van der Waals surface area (Å²) in [5, 5.41) is 0. The topological polar surface area (TPSA) is 71.5 Å². The minimum absolute atomic E-state index is 0.0598. The highest BCUT2D eigenvalue weighted by Crippen LogP contribution is 2.34. The van der Waals surface area contributed by atoms with Crippen molar-refractivity contribution < 1.29 is 16.8 Å². The van der Waals surface area contributed by atoms with E-state index in [0.717, 1.165) is 0 Å². The van der Waals surface area contributed by atoms with E-state index in [1.54, 1.807) is 19.1 Å². The maximum absolute atomic E-state index is 13.1. The van der Waals surface area contributed by atoms with Crippen molar-refractivity contribution in [2.75, 3.05) is 18.1 Å². The Hall–Kier alpha value is -0.920. The van der Waals surface area contributed by atoms with Gasteiger partial charge in [0.2, 0.25) is 10.0 Å². The third kappa shape index (κ3) is 3.99. The first-order chi connectivity index (χ1) is 12.2. The summed E-state index contributed by atoms with van der Waals surface area (Å²) < 4.78 is 51.5. The molecule has 1 aromatic rings. The first kappa shape index (κ1) is 19.8. The normalized spacial score (nSPS) is 27.0. The van der Waals surface area contributed by atoms with Crippen molar-refractivity contribution in [3.8, 4) is 0 Å². The summed E-state index contributed by atoms with van der Waals surface area (Å²) in [6, 6.07) is 6.77. The van der Waals surface area contributed by atoms with Gasteiger partial charge in [0.05, 0.1) is 16.4 Å². The smallest absolute Gasteiger partial charge is 0.229 e. The van der Waals surface area contributed by atoms with E-state index in [2.05, 4.69) is 0 Å². The van der Waals surface area contributed by atoms with Crippen LogP contribution in [0, 0.1) is 5.92 Å². The molecule has 1 aliphatic heterocycles. The van der Waals surface area contributed by atoms with E-state index in [4.69, 9.17) is 0 Å². The molecular weight excluding hydrogens is 370 g/mol. The molecule has 146 valence electrons. The highest BCUT2D eigenvalue weighted by molar-refractivity contribution is 7.92. The Kier molecular flexibility index (Phi) is 5.80. The van der Waals surface area contributed by atoms with Crippen LogP contribution in [-0.4, -0.2) is 45.2 Å². The Balaban J connectivity index is 1.84. The monoisotopic (exact) mass is 399 g/mol. The minimum Gasteiger partial charge on any atom is -0.229 e. The average molecular weight is 400 g/mol. The average Bonchev–Trinajstić information content (AvgIpc) is 2.88. The Labute approximate surface area is 157 Å². The zero-order valence-electron chi connectivity index (χ0n) is 15.6. The molecule has 5 nitrogen and oxygen atoms in total. The van der Waals surface area contributed by atoms with Crippen LogP contribution >= 0.6 is 0 Å². The van der Waals surface area contributed by atoms with Crippen molar-refractivity contribution in [1.29, 1.82) is 0 Å². The number of sulfone groups is 1. The predicted molar refractivity (Wildman–Crippen MR) is 103 cm³/mol. The van der Waals surface area contributed by atoms with Gasteiger partial charge in [-0.3, -0.25) is 0 Å². The largest absolute Gasteiger partial charge is 0.243 e. The van der Waals surface area contributed by atoms with Gasteiger partial charge in [0, 0.05) is 12.6 Å². The van der Waals surface area contributed by atoms with Crippen LogP contribution in [0.15, 0.2) is 29.2 Å². The summed E-state index contributed by atoms with van der Waals surface area (Å²) in [5.41, 5.74) is 1.21. The predicted octanol–water partition coefficient (Wildman–Crippen LogP) is 3.18. The van der Waals surface area contributed by atoms with Crippen molar-refractivity contribution in [3.63, 3.8) is 0 Å². The van der Waals surface area contributed by atoms with Crippen LogP contribution < -0.4 is 0 Å². The fourth-order valence-corrected chi connectivity index (χ4v) is 8.45. The fraction of sp³-hybridized carbons (Fsp3) is 0.684. The highest BCUT2D eigenvalue weighted by Gasteiger charge is 2.42. The summed E-state index contributed by atoms with van der Waals surface area (Å²) in [4.78, 5) is 0.260. The number of benzene rings is 1. The van der Waals surface area contributed by atoms with Gasteiger partial charge in [-0.25, -0.2) is 16.8 Å². The van der Waals surface area contributed by atoms with Gasteiger partial charge in [-0.2, -0.15) is 4.31 Å². The van der Waals surface area contributed by atoms with Gasteiger partial charge in [-0.05, 0) is 42.4 Å². The fourth-order valence-electron chi connectivity index (χ4n) is 4.44. The van der Waals surface area contributed by atoms with Crippen molar-refractivity contribution in [1.82, 2.24) is 4.31 Å². The third-order valence-corrected chi connectivity index (χ3v) is 9.74.